The Morgan fingerprint density at radius 1 is 1.13 bits per heavy atom. The predicted octanol–water partition coefficient (Wildman–Crippen LogP) is 3.86. The molecule has 2 aromatic carbocycles. The van der Waals surface area contributed by atoms with Crippen molar-refractivity contribution in [2.75, 3.05) is 13.7 Å². The Morgan fingerprint density at radius 3 is 2.50 bits per heavy atom. The van der Waals surface area contributed by atoms with E-state index in [1.807, 2.05) is 24.3 Å². The summed E-state index contributed by atoms with van der Waals surface area (Å²) >= 11 is 0. The molecule has 1 atom stereocenters. The summed E-state index contributed by atoms with van der Waals surface area (Å²) in [7, 11) is 1.60. The van der Waals surface area contributed by atoms with Crippen molar-refractivity contribution in [1.82, 2.24) is 15.0 Å². The molecule has 7 nitrogen and oxygen atoms in total. The number of halogens is 2. The van der Waals surface area contributed by atoms with Gasteiger partial charge in [0, 0.05) is 25.1 Å². The van der Waals surface area contributed by atoms with Gasteiger partial charge in [-0.15, -0.1) is 0 Å². The van der Waals surface area contributed by atoms with Gasteiger partial charge in [0.1, 0.15) is 11.5 Å². The van der Waals surface area contributed by atoms with Crippen molar-refractivity contribution in [2.24, 2.45) is 0 Å². The summed E-state index contributed by atoms with van der Waals surface area (Å²) in [5.41, 5.74) is 1.60. The van der Waals surface area contributed by atoms with E-state index in [1.54, 1.807) is 24.1 Å². The third-order valence-corrected chi connectivity index (χ3v) is 4.88. The van der Waals surface area contributed by atoms with Gasteiger partial charge >= 0.3 is 6.61 Å². The Labute approximate surface area is 171 Å². The van der Waals surface area contributed by atoms with Gasteiger partial charge in [-0.25, -0.2) is 0 Å². The molecule has 156 valence electrons. The molecule has 0 N–H and O–H groups in total. The zero-order chi connectivity index (χ0) is 21.1. The van der Waals surface area contributed by atoms with E-state index in [4.69, 9.17) is 9.26 Å². The largest absolute Gasteiger partial charge is 0.497 e. The number of hydrogen-bond acceptors (Lipinski definition) is 6. The SMILES string of the molecule is COc1ccc(CN2CC(c3nc(-c4ccc(OC(F)F)cc4)no3)CC2=O)cc1. The highest BCUT2D eigenvalue weighted by Gasteiger charge is 2.34. The van der Waals surface area contributed by atoms with Gasteiger partial charge in [0.05, 0.1) is 13.0 Å². The number of rotatable bonds is 7. The molecular weight excluding hydrogens is 396 g/mol. The zero-order valence-electron chi connectivity index (χ0n) is 16.1. The molecular formula is C21H19F2N3O4. The number of likely N-dealkylation sites (tertiary alicyclic amines) is 1. The molecule has 1 unspecified atom stereocenters. The molecule has 1 amide bonds. The maximum atomic E-state index is 12.4. The van der Waals surface area contributed by atoms with E-state index in [-0.39, 0.29) is 17.6 Å². The Balaban J connectivity index is 1.41. The van der Waals surface area contributed by atoms with E-state index in [2.05, 4.69) is 14.9 Å². The molecule has 1 aliphatic rings. The summed E-state index contributed by atoms with van der Waals surface area (Å²) in [5, 5.41) is 3.96. The molecule has 0 spiro atoms. The van der Waals surface area contributed by atoms with Gasteiger partial charge in [-0.3, -0.25) is 4.79 Å². The van der Waals surface area contributed by atoms with E-state index in [1.165, 1.54) is 12.1 Å². The molecule has 4 rings (SSSR count). The Kier molecular flexibility index (Phi) is 5.60. The van der Waals surface area contributed by atoms with Crippen molar-refractivity contribution in [3.8, 4) is 22.9 Å². The van der Waals surface area contributed by atoms with Gasteiger partial charge in [0.25, 0.3) is 0 Å². The Bertz CT molecular complexity index is 1010. The molecule has 0 radical (unpaired) electrons. The van der Waals surface area contributed by atoms with Crippen LogP contribution in [0.3, 0.4) is 0 Å². The van der Waals surface area contributed by atoms with Crippen LogP contribution in [0.2, 0.25) is 0 Å². The van der Waals surface area contributed by atoms with Gasteiger partial charge < -0.3 is 18.9 Å². The summed E-state index contributed by atoms with van der Waals surface area (Å²) in [6, 6.07) is 13.5. The second-order valence-corrected chi connectivity index (χ2v) is 6.88. The maximum Gasteiger partial charge on any atom is 0.387 e. The number of nitrogens with zero attached hydrogens (tertiary/aromatic N) is 3. The van der Waals surface area contributed by atoms with Gasteiger partial charge in [0.2, 0.25) is 17.6 Å². The summed E-state index contributed by atoms with van der Waals surface area (Å²) in [4.78, 5) is 18.6. The first-order chi connectivity index (χ1) is 14.5. The van der Waals surface area contributed by atoms with Crippen LogP contribution in [0, 0.1) is 0 Å². The van der Waals surface area contributed by atoms with Gasteiger partial charge in [0.15, 0.2) is 0 Å². The fraction of sp³-hybridized carbons (Fsp3) is 0.286. The van der Waals surface area contributed by atoms with Crippen molar-refractivity contribution in [1.29, 1.82) is 0 Å². The van der Waals surface area contributed by atoms with E-state index < -0.39 is 6.61 Å². The van der Waals surface area contributed by atoms with Crippen LogP contribution in [0.25, 0.3) is 11.4 Å². The fourth-order valence-electron chi connectivity index (χ4n) is 3.35. The number of carbonyl (C=O) groups excluding carboxylic acids is 1. The number of carbonyl (C=O) groups is 1. The van der Waals surface area contributed by atoms with Crippen molar-refractivity contribution in [3.63, 3.8) is 0 Å². The number of aromatic nitrogens is 2. The number of methoxy groups -OCH3 is 1. The molecule has 9 heteroatoms. The van der Waals surface area contributed by atoms with Crippen LogP contribution in [-0.4, -0.2) is 41.2 Å². The lowest BCUT2D eigenvalue weighted by molar-refractivity contribution is -0.128. The molecule has 2 heterocycles. The predicted molar refractivity (Wildman–Crippen MR) is 102 cm³/mol. The third kappa shape index (κ3) is 4.40. The number of ether oxygens (including phenoxy) is 2. The molecule has 1 fully saturated rings. The minimum atomic E-state index is -2.88. The van der Waals surface area contributed by atoms with Gasteiger partial charge in [-0.05, 0) is 42.0 Å². The van der Waals surface area contributed by atoms with Crippen molar-refractivity contribution in [3.05, 3.63) is 60.0 Å². The Hall–Kier alpha value is -3.49. The minimum absolute atomic E-state index is 0.0177. The van der Waals surface area contributed by atoms with E-state index in [9.17, 15) is 13.6 Å². The zero-order valence-corrected chi connectivity index (χ0v) is 16.1. The van der Waals surface area contributed by atoms with Crippen LogP contribution in [-0.2, 0) is 11.3 Å². The molecule has 30 heavy (non-hydrogen) atoms. The summed E-state index contributed by atoms with van der Waals surface area (Å²) < 4.78 is 39.4. The normalized spacial score (nSPS) is 16.3. The maximum absolute atomic E-state index is 12.4. The highest BCUT2D eigenvalue weighted by molar-refractivity contribution is 5.79. The standard InChI is InChI=1S/C21H19F2N3O4/c1-28-16-6-2-13(3-7-16)11-26-12-15(10-18(26)27)20-24-19(25-30-20)14-4-8-17(9-5-14)29-21(22)23/h2-9,15,21H,10-12H2,1H3. The van der Waals surface area contributed by atoms with E-state index >= 15 is 0 Å². The first-order valence-corrected chi connectivity index (χ1v) is 9.31. The number of benzene rings is 2. The van der Waals surface area contributed by atoms with Crippen LogP contribution in [0.4, 0.5) is 8.78 Å². The smallest absolute Gasteiger partial charge is 0.387 e. The van der Waals surface area contributed by atoms with Crippen molar-refractivity contribution in [2.45, 2.75) is 25.5 Å². The Morgan fingerprint density at radius 2 is 1.83 bits per heavy atom. The summed E-state index contributed by atoms with van der Waals surface area (Å²) in [5.74, 6) is 1.34. The fourth-order valence-corrected chi connectivity index (χ4v) is 3.35. The molecule has 3 aromatic rings. The quantitative estimate of drug-likeness (QED) is 0.583. The third-order valence-electron chi connectivity index (χ3n) is 4.88. The van der Waals surface area contributed by atoms with E-state index in [0.29, 0.717) is 36.8 Å². The molecule has 1 aliphatic heterocycles. The van der Waals surface area contributed by atoms with Crippen LogP contribution >= 0.6 is 0 Å². The lowest BCUT2D eigenvalue weighted by Crippen LogP contribution is -2.24. The number of hydrogen-bond donors (Lipinski definition) is 0. The number of amides is 1. The highest BCUT2D eigenvalue weighted by Crippen LogP contribution is 2.30. The molecule has 0 saturated carbocycles. The topological polar surface area (TPSA) is 77.7 Å². The second-order valence-electron chi connectivity index (χ2n) is 6.88. The van der Waals surface area contributed by atoms with Crippen molar-refractivity contribution < 1.29 is 27.6 Å². The highest BCUT2D eigenvalue weighted by atomic mass is 19.3. The van der Waals surface area contributed by atoms with Gasteiger partial charge in [-0.2, -0.15) is 13.8 Å². The van der Waals surface area contributed by atoms with Crippen LogP contribution in [0.1, 0.15) is 23.8 Å². The van der Waals surface area contributed by atoms with Crippen molar-refractivity contribution >= 4 is 5.91 Å². The lowest BCUT2D eigenvalue weighted by Gasteiger charge is -2.16. The average Bonchev–Trinajstić information content (AvgIpc) is 3.36. The van der Waals surface area contributed by atoms with Crippen LogP contribution < -0.4 is 9.47 Å². The minimum Gasteiger partial charge on any atom is -0.497 e. The van der Waals surface area contributed by atoms with Crippen LogP contribution in [0.15, 0.2) is 53.1 Å². The first kappa shape index (κ1) is 19.8. The molecule has 0 aliphatic carbocycles. The first-order valence-electron chi connectivity index (χ1n) is 9.31. The second kappa shape index (κ2) is 8.48. The monoisotopic (exact) mass is 415 g/mol. The molecule has 0 bridgehead atoms. The number of alkyl halides is 2. The van der Waals surface area contributed by atoms with Crippen LogP contribution in [0.5, 0.6) is 11.5 Å². The molecule has 1 saturated heterocycles. The molecule has 1 aromatic heterocycles. The van der Waals surface area contributed by atoms with Gasteiger partial charge in [-0.1, -0.05) is 17.3 Å². The summed E-state index contributed by atoms with van der Waals surface area (Å²) in [6.45, 7) is -1.91. The lowest BCUT2D eigenvalue weighted by atomic mass is 10.1. The average molecular weight is 415 g/mol. The van der Waals surface area contributed by atoms with E-state index in [0.717, 1.165) is 11.3 Å². The summed E-state index contributed by atoms with van der Waals surface area (Å²) in [6.07, 6.45) is 0.291.